The van der Waals surface area contributed by atoms with Crippen LogP contribution in [0.25, 0.3) is 11.5 Å². The number of methoxy groups -OCH3 is 1. The minimum Gasteiger partial charge on any atom is -0.398 e. The standard InChI is InChI=1S/C14H16BrN3O2/c1-19-14(6-2-3-7-14)13-17-12(20-18-13)9-4-5-11(16)10(15)8-9/h4-5,8H,2-3,6-7,16H2,1H3. The van der Waals surface area contributed by atoms with Crippen molar-refractivity contribution in [3.63, 3.8) is 0 Å². The maximum Gasteiger partial charge on any atom is 0.258 e. The molecule has 1 aromatic carbocycles. The van der Waals surface area contributed by atoms with Crippen LogP contribution >= 0.6 is 15.9 Å². The van der Waals surface area contributed by atoms with Gasteiger partial charge < -0.3 is 15.0 Å². The smallest absolute Gasteiger partial charge is 0.258 e. The van der Waals surface area contributed by atoms with E-state index in [9.17, 15) is 0 Å². The Morgan fingerprint density at radius 3 is 2.75 bits per heavy atom. The summed E-state index contributed by atoms with van der Waals surface area (Å²) in [5.74, 6) is 1.13. The van der Waals surface area contributed by atoms with E-state index in [1.54, 1.807) is 7.11 Å². The summed E-state index contributed by atoms with van der Waals surface area (Å²) in [4.78, 5) is 4.51. The topological polar surface area (TPSA) is 74.2 Å². The Bertz CT molecular complexity index is 621. The lowest BCUT2D eigenvalue weighted by atomic mass is 10.0. The third-order valence-corrected chi connectivity index (χ3v) is 4.57. The normalized spacial score (nSPS) is 17.5. The number of rotatable bonds is 3. The van der Waals surface area contributed by atoms with Crippen molar-refractivity contribution in [2.75, 3.05) is 12.8 Å². The van der Waals surface area contributed by atoms with Crippen molar-refractivity contribution in [3.05, 3.63) is 28.5 Å². The van der Waals surface area contributed by atoms with Gasteiger partial charge in [0.1, 0.15) is 5.60 Å². The van der Waals surface area contributed by atoms with Gasteiger partial charge in [0.25, 0.3) is 5.89 Å². The molecule has 3 rings (SSSR count). The predicted octanol–water partition coefficient (Wildman–Crippen LogP) is 3.50. The molecule has 20 heavy (non-hydrogen) atoms. The van der Waals surface area contributed by atoms with Crippen LogP contribution in [0.5, 0.6) is 0 Å². The summed E-state index contributed by atoms with van der Waals surface area (Å²) in [6.45, 7) is 0. The van der Waals surface area contributed by atoms with Crippen LogP contribution in [0.2, 0.25) is 0 Å². The number of ether oxygens (including phenoxy) is 1. The first kappa shape index (κ1) is 13.6. The number of nitrogens with two attached hydrogens (primary N) is 1. The zero-order valence-corrected chi connectivity index (χ0v) is 12.8. The molecule has 0 atom stereocenters. The molecular formula is C14H16BrN3O2. The highest BCUT2D eigenvalue weighted by Crippen LogP contribution is 2.40. The van der Waals surface area contributed by atoms with Crippen LogP contribution in [0.3, 0.4) is 0 Å². The van der Waals surface area contributed by atoms with Gasteiger partial charge in [0.2, 0.25) is 5.82 Å². The molecule has 0 unspecified atom stereocenters. The minimum atomic E-state index is -0.382. The molecule has 5 nitrogen and oxygen atoms in total. The molecule has 0 saturated heterocycles. The van der Waals surface area contributed by atoms with Gasteiger partial charge in [-0.3, -0.25) is 0 Å². The number of halogens is 1. The molecule has 1 aliphatic carbocycles. The van der Waals surface area contributed by atoms with E-state index in [1.807, 2.05) is 18.2 Å². The number of hydrogen-bond donors (Lipinski definition) is 1. The number of aromatic nitrogens is 2. The Hall–Kier alpha value is -1.40. The third kappa shape index (κ3) is 2.23. The zero-order valence-electron chi connectivity index (χ0n) is 11.2. The maximum atomic E-state index is 5.78. The quantitative estimate of drug-likeness (QED) is 0.867. The Balaban J connectivity index is 1.95. The van der Waals surface area contributed by atoms with Crippen LogP contribution in [0.4, 0.5) is 5.69 Å². The number of anilines is 1. The van der Waals surface area contributed by atoms with Gasteiger partial charge in [-0.05, 0) is 59.8 Å². The zero-order chi connectivity index (χ0) is 14.2. The van der Waals surface area contributed by atoms with Crippen molar-refractivity contribution in [2.24, 2.45) is 0 Å². The summed E-state index contributed by atoms with van der Waals surface area (Å²) in [5.41, 5.74) is 6.92. The minimum absolute atomic E-state index is 0.382. The highest BCUT2D eigenvalue weighted by atomic mass is 79.9. The monoisotopic (exact) mass is 337 g/mol. The predicted molar refractivity (Wildman–Crippen MR) is 79.0 cm³/mol. The second-order valence-electron chi connectivity index (χ2n) is 5.06. The summed E-state index contributed by atoms with van der Waals surface area (Å²) >= 11 is 3.40. The molecule has 0 spiro atoms. The van der Waals surface area contributed by atoms with Gasteiger partial charge in [-0.25, -0.2) is 0 Å². The Labute approximate surface area is 125 Å². The summed E-state index contributed by atoms with van der Waals surface area (Å²) < 4.78 is 11.9. The largest absolute Gasteiger partial charge is 0.398 e. The van der Waals surface area contributed by atoms with Crippen molar-refractivity contribution < 1.29 is 9.26 Å². The van der Waals surface area contributed by atoms with Crippen molar-refractivity contribution in [3.8, 4) is 11.5 Å². The highest BCUT2D eigenvalue weighted by molar-refractivity contribution is 9.10. The maximum absolute atomic E-state index is 5.78. The SMILES string of the molecule is COC1(c2noc(-c3ccc(N)c(Br)c3)n2)CCCC1. The van der Waals surface area contributed by atoms with Crippen LogP contribution in [0, 0.1) is 0 Å². The van der Waals surface area contributed by atoms with Crippen molar-refractivity contribution in [1.82, 2.24) is 10.1 Å². The Morgan fingerprint density at radius 1 is 1.35 bits per heavy atom. The van der Waals surface area contributed by atoms with E-state index in [1.165, 1.54) is 0 Å². The van der Waals surface area contributed by atoms with E-state index in [4.69, 9.17) is 15.0 Å². The lowest BCUT2D eigenvalue weighted by Crippen LogP contribution is -2.25. The van der Waals surface area contributed by atoms with Gasteiger partial charge in [-0.2, -0.15) is 4.98 Å². The second kappa shape index (κ2) is 5.18. The number of nitrogens with zero attached hydrogens (tertiary/aromatic N) is 2. The van der Waals surface area contributed by atoms with Crippen molar-refractivity contribution in [1.29, 1.82) is 0 Å². The van der Waals surface area contributed by atoms with E-state index in [0.29, 0.717) is 17.4 Å². The first-order valence-electron chi connectivity index (χ1n) is 6.59. The Morgan fingerprint density at radius 2 is 2.10 bits per heavy atom. The van der Waals surface area contributed by atoms with E-state index < -0.39 is 0 Å². The van der Waals surface area contributed by atoms with E-state index in [2.05, 4.69) is 26.1 Å². The number of benzene rings is 1. The van der Waals surface area contributed by atoms with Crippen LogP contribution in [0.15, 0.2) is 27.2 Å². The molecule has 0 radical (unpaired) electrons. The van der Waals surface area contributed by atoms with Crippen molar-refractivity contribution in [2.45, 2.75) is 31.3 Å². The highest BCUT2D eigenvalue weighted by Gasteiger charge is 2.40. The van der Waals surface area contributed by atoms with Gasteiger partial charge in [0, 0.05) is 22.8 Å². The first-order chi connectivity index (χ1) is 9.64. The Kier molecular flexibility index (Phi) is 3.52. The molecule has 2 aromatic rings. The lowest BCUT2D eigenvalue weighted by molar-refractivity contribution is -0.0178. The van der Waals surface area contributed by atoms with Crippen LogP contribution in [-0.4, -0.2) is 17.3 Å². The van der Waals surface area contributed by atoms with Gasteiger partial charge >= 0.3 is 0 Å². The van der Waals surface area contributed by atoms with Crippen LogP contribution in [0.1, 0.15) is 31.5 Å². The van der Waals surface area contributed by atoms with Crippen molar-refractivity contribution >= 4 is 21.6 Å². The second-order valence-corrected chi connectivity index (χ2v) is 5.92. The number of hydrogen-bond acceptors (Lipinski definition) is 5. The molecule has 6 heteroatoms. The first-order valence-corrected chi connectivity index (χ1v) is 7.39. The fraction of sp³-hybridized carbons (Fsp3) is 0.429. The van der Waals surface area contributed by atoms with Gasteiger partial charge in [-0.15, -0.1) is 0 Å². The van der Waals surface area contributed by atoms with E-state index in [0.717, 1.165) is 35.7 Å². The molecule has 0 bridgehead atoms. The fourth-order valence-corrected chi connectivity index (χ4v) is 3.03. The molecule has 1 heterocycles. The van der Waals surface area contributed by atoms with Crippen LogP contribution < -0.4 is 5.73 Å². The van der Waals surface area contributed by atoms with E-state index >= 15 is 0 Å². The van der Waals surface area contributed by atoms with Gasteiger partial charge in [0.05, 0.1) is 0 Å². The molecule has 2 N–H and O–H groups in total. The summed E-state index contributed by atoms with van der Waals surface area (Å²) in [5, 5.41) is 4.11. The summed E-state index contributed by atoms with van der Waals surface area (Å²) in [6, 6.07) is 5.55. The molecule has 1 fully saturated rings. The number of nitrogen functional groups attached to an aromatic ring is 1. The molecular weight excluding hydrogens is 322 g/mol. The van der Waals surface area contributed by atoms with Crippen LogP contribution in [-0.2, 0) is 10.3 Å². The van der Waals surface area contributed by atoms with Gasteiger partial charge in [0.15, 0.2) is 0 Å². The molecule has 0 aliphatic heterocycles. The third-order valence-electron chi connectivity index (χ3n) is 3.88. The fourth-order valence-electron chi connectivity index (χ4n) is 2.65. The molecule has 1 saturated carbocycles. The molecule has 1 aliphatic rings. The summed E-state index contributed by atoms with van der Waals surface area (Å²) in [7, 11) is 1.71. The summed E-state index contributed by atoms with van der Waals surface area (Å²) in [6.07, 6.45) is 4.14. The lowest BCUT2D eigenvalue weighted by Gasteiger charge is -2.22. The van der Waals surface area contributed by atoms with Gasteiger partial charge in [-0.1, -0.05) is 5.16 Å². The molecule has 106 valence electrons. The average molecular weight is 338 g/mol. The molecule has 1 aromatic heterocycles. The average Bonchev–Trinajstić information content (AvgIpc) is 3.10. The van der Waals surface area contributed by atoms with E-state index in [-0.39, 0.29) is 5.60 Å². The molecule has 0 amide bonds.